The lowest BCUT2D eigenvalue weighted by atomic mass is 9.88. The van der Waals surface area contributed by atoms with Crippen molar-refractivity contribution in [3.05, 3.63) is 24.3 Å². The van der Waals surface area contributed by atoms with Gasteiger partial charge < -0.3 is 175 Å². The predicted molar refractivity (Wildman–Crippen MR) is 448 cm³/mol. The number of amides is 3. The standard InChI is InChI=1S/C87H155N3O36/c1-5-7-9-11-13-15-17-19-20-21-22-23-24-25-26-27-28-30-32-34-36-38-40-42-62(102)90-53(54(99)41-39-37-35-33-31-29-18-16-14-12-10-8-6-2)50-115-82-71(109)70(108)76(61(49-96)120-82)122-84-72(110)78(66(104)57(45-92)117-84)123-81-64(89-52(4)98)69(107)75(60(48-95)119-81)121-83-73(111)79(67(105)58(46-93)116-83)124-85-74(112)80(68(106)59(47-94)118-85)126-87(86(113)114)43-55(100)63(88-51(3)97)77(125-87)65(103)56(101)44-91/h19-20,39,41,53-61,63-85,91-96,99-101,103-112H,5-18,21-38,40,42-50H2,1-4H3,(H,88,97)(H,89,98)(H,90,102)(H,113,114)/b20-19-,41-39+/t53-,54+,55?,56+,57?,58?,59?,60?,61?,63+,64?,65+,66-,67-,68-,69+,70+,71?,72?,73?,74?,75+,76+,77?,78-,79-,80-,81-,82+,83-,84-,85-,87-/m0/s1. The molecule has 0 aromatic heterocycles. The van der Waals surface area contributed by atoms with Gasteiger partial charge in [-0.3, -0.25) is 14.4 Å². The number of aliphatic carboxylic acids is 1. The first-order chi connectivity index (χ1) is 60.5. The van der Waals surface area contributed by atoms with Crippen molar-refractivity contribution in [2.75, 3.05) is 46.2 Å². The third-order valence-electron chi connectivity index (χ3n) is 24.4. The van der Waals surface area contributed by atoms with E-state index in [0.717, 1.165) is 65.2 Å². The highest BCUT2D eigenvalue weighted by molar-refractivity contribution is 5.77. The SMILES string of the molecule is CCCCCCCC/C=C\CCCCCCCCCCCCCCCC(=O)N[C@@H](CO[C@@H]1OC(CO)[C@@H](O[C@@H]2OC(CO)[C@H](O)[C@H](O[C@@H]3OC(CO)[C@@H](O[C@@H]4OC(CO)[C@H](O)[C@H](O[C@@H]5OC(CO)[C@H](O)[C@H](O[C@]6(C(=O)O)CC(O)[C@@H](NC(C)=O)C([C@H](O)[C@H](O)CO)O6)C5O)C4O)[C@H](O)C3NC(C)=O)C2O)[C@H](O)C1O)[C@H](O)/C=C/CCCCCCCCCCCCC. The molecule has 33 atom stereocenters. The van der Waals surface area contributed by atoms with Crippen molar-refractivity contribution in [3.8, 4) is 0 Å². The summed E-state index contributed by atoms with van der Waals surface area (Å²) in [6.07, 6.45) is -14.1. The van der Waals surface area contributed by atoms with Gasteiger partial charge in [-0.2, -0.15) is 0 Å². The zero-order chi connectivity index (χ0) is 92.4. The average Bonchev–Trinajstić information content (AvgIpc) is 0.757. The highest BCUT2D eigenvalue weighted by Crippen LogP contribution is 2.41. The molecular weight excluding hydrogens is 1660 g/mol. The van der Waals surface area contributed by atoms with E-state index in [-0.39, 0.29) is 12.3 Å². The second-order valence-electron chi connectivity index (χ2n) is 34.5. The number of nitrogens with one attached hydrogen (secondary N) is 3. The number of rotatable bonds is 62. The Hall–Kier alpha value is -3.88. The summed E-state index contributed by atoms with van der Waals surface area (Å²) >= 11 is 0. The van der Waals surface area contributed by atoms with E-state index in [4.69, 9.17) is 56.8 Å². The Morgan fingerprint density at radius 2 is 0.778 bits per heavy atom. The number of carboxylic acid groups (broad SMARTS) is 1. The molecule has 0 aliphatic carbocycles. The molecule has 0 aromatic carbocycles. The van der Waals surface area contributed by atoms with Crippen LogP contribution in [0.3, 0.4) is 0 Å². The molecule has 0 spiro atoms. The fourth-order valence-electron chi connectivity index (χ4n) is 16.9. The van der Waals surface area contributed by atoms with Crippen LogP contribution in [-0.2, 0) is 76.0 Å². The molecule has 0 aromatic rings. The first-order valence-corrected chi connectivity index (χ1v) is 46.3. The minimum atomic E-state index is -3.24. The summed E-state index contributed by atoms with van der Waals surface area (Å²) in [5.74, 6) is -7.43. The number of hydrogen-bond acceptors (Lipinski definition) is 35. The number of unbranched alkanes of at least 4 members (excludes halogenated alkanes) is 30. The molecule has 0 saturated carbocycles. The third kappa shape index (κ3) is 34.5. The van der Waals surface area contributed by atoms with Gasteiger partial charge in [-0.1, -0.05) is 205 Å². The molecule has 12 unspecified atom stereocenters. The quantitative estimate of drug-likeness (QED) is 0.0274. The number of carbonyl (C=O) groups is 4. The summed E-state index contributed by atoms with van der Waals surface area (Å²) in [5.41, 5.74) is 0. The van der Waals surface area contributed by atoms with E-state index in [1.54, 1.807) is 6.08 Å². The second-order valence-corrected chi connectivity index (χ2v) is 34.5. The minimum absolute atomic E-state index is 0.160. The van der Waals surface area contributed by atoms with Gasteiger partial charge in [0, 0.05) is 26.7 Å². The number of ether oxygens (including phenoxy) is 12. The van der Waals surface area contributed by atoms with E-state index in [9.17, 15) is 121 Å². The van der Waals surface area contributed by atoms with Crippen molar-refractivity contribution in [3.63, 3.8) is 0 Å². The van der Waals surface area contributed by atoms with Gasteiger partial charge in [-0.15, -0.1) is 0 Å². The molecule has 6 fully saturated rings. The van der Waals surface area contributed by atoms with E-state index in [1.165, 1.54) is 148 Å². The zero-order valence-electron chi connectivity index (χ0n) is 74.0. The molecule has 126 heavy (non-hydrogen) atoms. The molecule has 39 nitrogen and oxygen atoms in total. The Morgan fingerprint density at radius 1 is 0.413 bits per heavy atom. The van der Waals surface area contributed by atoms with Gasteiger partial charge in [0.15, 0.2) is 31.5 Å². The molecule has 6 saturated heterocycles. The maximum absolute atomic E-state index is 13.6. The maximum atomic E-state index is 13.6. The highest BCUT2D eigenvalue weighted by atomic mass is 16.8. The Labute approximate surface area is 739 Å². The van der Waals surface area contributed by atoms with Crippen LogP contribution < -0.4 is 16.0 Å². The Bertz CT molecular complexity index is 3030. The van der Waals surface area contributed by atoms with Crippen LogP contribution in [0.25, 0.3) is 0 Å². The van der Waals surface area contributed by atoms with E-state index < -0.39 is 272 Å². The smallest absolute Gasteiger partial charge is 0.364 e. The summed E-state index contributed by atoms with van der Waals surface area (Å²) in [6, 6.07) is -4.67. The van der Waals surface area contributed by atoms with Crippen LogP contribution in [0.1, 0.15) is 252 Å². The second kappa shape index (κ2) is 59.7. The maximum Gasteiger partial charge on any atom is 0.364 e. The number of carboxylic acids is 1. The van der Waals surface area contributed by atoms with Gasteiger partial charge in [0.05, 0.1) is 70.5 Å². The van der Waals surface area contributed by atoms with Gasteiger partial charge in [-0.05, 0) is 44.9 Å². The summed E-state index contributed by atoms with van der Waals surface area (Å²) in [4.78, 5) is 52.0. The van der Waals surface area contributed by atoms with Crippen LogP contribution in [0.2, 0.25) is 0 Å². The lowest BCUT2D eigenvalue weighted by Crippen LogP contribution is -2.71. The molecule has 734 valence electrons. The summed E-state index contributed by atoms with van der Waals surface area (Å²) in [7, 11) is 0. The van der Waals surface area contributed by atoms with E-state index in [2.05, 4.69) is 41.9 Å². The third-order valence-corrected chi connectivity index (χ3v) is 24.4. The molecular formula is C87H155N3O36. The average molecular weight is 1820 g/mol. The molecule has 6 aliphatic heterocycles. The Morgan fingerprint density at radius 3 is 1.20 bits per heavy atom. The number of carbonyl (C=O) groups excluding carboxylic acids is 3. The molecule has 6 heterocycles. The zero-order valence-corrected chi connectivity index (χ0v) is 74.0. The summed E-state index contributed by atoms with van der Waals surface area (Å²) in [5, 5.41) is 231. The topological polar surface area (TPSA) is 620 Å². The normalized spacial score (nSPS) is 34.9. The fraction of sp³-hybridized carbons (Fsp3) is 0.908. The molecule has 23 N–H and O–H groups in total. The lowest BCUT2D eigenvalue weighted by Gasteiger charge is -2.51. The summed E-state index contributed by atoms with van der Waals surface area (Å²) in [6.45, 7) is -0.615. The van der Waals surface area contributed by atoms with Crippen molar-refractivity contribution in [1.82, 2.24) is 16.0 Å². The number of aliphatic hydroxyl groups is 19. The Kier molecular flexibility index (Phi) is 52.5. The van der Waals surface area contributed by atoms with E-state index >= 15 is 0 Å². The fourth-order valence-corrected chi connectivity index (χ4v) is 16.9. The van der Waals surface area contributed by atoms with Crippen LogP contribution in [0, 0.1) is 0 Å². The lowest BCUT2D eigenvalue weighted by molar-refractivity contribution is -0.395. The monoisotopic (exact) mass is 1820 g/mol. The minimum Gasteiger partial charge on any atom is -0.477 e. The molecule has 0 bridgehead atoms. The molecule has 0 radical (unpaired) electrons. The van der Waals surface area contributed by atoms with Crippen molar-refractivity contribution >= 4 is 23.7 Å². The van der Waals surface area contributed by atoms with Gasteiger partial charge in [-0.25, -0.2) is 4.79 Å². The number of allylic oxidation sites excluding steroid dienone is 3. The van der Waals surface area contributed by atoms with Crippen molar-refractivity contribution < 1.29 is 178 Å². The van der Waals surface area contributed by atoms with Gasteiger partial charge in [0.2, 0.25) is 17.7 Å². The van der Waals surface area contributed by atoms with Crippen LogP contribution in [0.5, 0.6) is 0 Å². The van der Waals surface area contributed by atoms with Gasteiger partial charge in [0.1, 0.15) is 140 Å². The molecule has 3 amide bonds. The van der Waals surface area contributed by atoms with Crippen molar-refractivity contribution in [1.29, 1.82) is 0 Å². The van der Waals surface area contributed by atoms with E-state index in [1.807, 2.05) is 6.08 Å². The van der Waals surface area contributed by atoms with Crippen molar-refractivity contribution in [2.24, 2.45) is 0 Å². The summed E-state index contributed by atoms with van der Waals surface area (Å²) < 4.78 is 70.5. The number of hydrogen-bond donors (Lipinski definition) is 23. The van der Waals surface area contributed by atoms with E-state index in [0.29, 0.717) is 12.8 Å². The van der Waals surface area contributed by atoms with Gasteiger partial charge >= 0.3 is 5.97 Å². The van der Waals surface area contributed by atoms with Crippen LogP contribution in [-0.4, -0.2) is 374 Å². The number of aliphatic hydroxyl groups excluding tert-OH is 19. The molecule has 6 aliphatic rings. The molecule has 39 heteroatoms. The molecule has 6 rings (SSSR count). The van der Waals surface area contributed by atoms with Crippen molar-refractivity contribution in [2.45, 2.75) is 454 Å². The first kappa shape index (κ1) is 111. The first-order valence-electron chi connectivity index (χ1n) is 46.3. The van der Waals surface area contributed by atoms with Crippen LogP contribution in [0.15, 0.2) is 24.3 Å². The van der Waals surface area contributed by atoms with Crippen LogP contribution >= 0.6 is 0 Å². The van der Waals surface area contributed by atoms with Crippen LogP contribution in [0.4, 0.5) is 0 Å². The van der Waals surface area contributed by atoms with Gasteiger partial charge in [0.25, 0.3) is 5.79 Å². The highest BCUT2D eigenvalue weighted by Gasteiger charge is 2.62. The predicted octanol–water partition coefficient (Wildman–Crippen LogP) is -0.321. The Balaban J connectivity index is 1.07. The largest absolute Gasteiger partial charge is 0.477 e.